The molecule has 0 unspecified atom stereocenters. The van der Waals surface area contributed by atoms with Crippen LogP contribution >= 0.6 is 0 Å². The summed E-state index contributed by atoms with van der Waals surface area (Å²) in [6.45, 7) is 1.04. The Morgan fingerprint density at radius 1 is 1.28 bits per heavy atom. The summed E-state index contributed by atoms with van der Waals surface area (Å²) in [5.41, 5.74) is 0.781. The van der Waals surface area contributed by atoms with Crippen molar-refractivity contribution >= 4 is 17.5 Å². The first-order valence-electron chi connectivity index (χ1n) is 8.85. The van der Waals surface area contributed by atoms with Gasteiger partial charge in [-0.2, -0.15) is 0 Å². The van der Waals surface area contributed by atoms with Crippen LogP contribution in [0.25, 0.3) is 0 Å². The van der Waals surface area contributed by atoms with Crippen molar-refractivity contribution in [2.45, 2.75) is 51.1 Å². The number of carbonyl (C=O) groups excluding carboxylic acids is 2. The second-order valence-electron chi connectivity index (χ2n) is 6.87. The first-order valence-corrected chi connectivity index (χ1v) is 8.85. The fourth-order valence-electron chi connectivity index (χ4n) is 3.30. The van der Waals surface area contributed by atoms with Crippen molar-refractivity contribution < 1.29 is 14.5 Å². The Morgan fingerprint density at radius 3 is 2.80 bits per heavy atom. The molecule has 0 spiro atoms. The lowest BCUT2D eigenvalue weighted by Gasteiger charge is -2.24. The van der Waals surface area contributed by atoms with E-state index in [-0.39, 0.29) is 35.9 Å². The predicted molar refractivity (Wildman–Crippen MR) is 91.6 cm³/mol. The minimum atomic E-state index is -0.428. The van der Waals surface area contributed by atoms with Gasteiger partial charge in [0.1, 0.15) is 0 Å². The molecule has 1 aromatic rings. The zero-order chi connectivity index (χ0) is 17.8. The number of hydrogen-bond acceptors (Lipinski definition) is 4. The van der Waals surface area contributed by atoms with Crippen molar-refractivity contribution in [3.05, 3.63) is 39.9 Å². The molecule has 1 N–H and O–H groups in total. The Balaban J connectivity index is 1.68. The molecule has 1 aromatic carbocycles. The molecule has 1 atom stereocenters. The number of rotatable bonds is 6. The van der Waals surface area contributed by atoms with Crippen molar-refractivity contribution in [1.82, 2.24) is 10.2 Å². The molecule has 0 bridgehead atoms. The number of amides is 2. The second-order valence-corrected chi connectivity index (χ2v) is 6.87. The van der Waals surface area contributed by atoms with E-state index in [1.54, 1.807) is 17.0 Å². The lowest BCUT2D eigenvalue weighted by Crippen LogP contribution is -2.37. The van der Waals surface area contributed by atoms with E-state index in [4.69, 9.17) is 0 Å². The molecule has 1 aliphatic carbocycles. The van der Waals surface area contributed by atoms with Gasteiger partial charge in [0.15, 0.2) is 0 Å². The summed E-state index contributed by atoms with van der Waals surface area (Å²) in [7, 11) is 0. The van der Waals surface area contributed by atoms with Gasteiger partial charge in [-0.25, -0.2) is 0 Å². The maximum Gasteiger partial charge on any atom is 0.269 e. The predicted octanol–water partition coefficient (Wildman–Crippen LogP) is 2.39. The van der Waals surface area contributed by atoms with E-state index in [0.717, 1.165) is 37.7 Å². The van der Waals surface area contributed by atoms with Gasteiger partial charge >= 0.3 is 0 Å². The molecule has 134 valence electrons. The molecule has 2 fully saturated rings. The Kier molecular flexibility index (Phi) is 5.31. The molecular formula is C18H23N3O4. The van der Waals surface area contributed by atoms with Crippen molar-refractivity contribution in [2.24, 2.45) is 5.92 Å². The third kappa shape index (κ3) is 4.55. The molecular weight excluding hydrogens is 322 g/mol. The molecule has 0 radical (unpaired) electrons. The van der Waals surface area contributed by atoms with E-state index in [1.165, 1.54) is 12.1 Å². The molecule has 7 nitrogen and oxygen atoms in total. The zero-order valence-corrected chi connectivity index (χ0v) is 14.1. The highest BCUT2D eigenvalue weighted by Crippen LogP contribution is 2.30. The number of benzene rings is 1. The van der Waals surface area contributed by atoms with E-state index < -0.39 is 4.92 Å². The molecule has 1 saturated carbocycles. The van der Waals surface area contributed by atoms with Gasteiger partial charge in [0.25, 0.3) is 5.69 Å². The highest BCUT2D eigenvalue weighted by atomic mass is 16.6. The first kappa shape index (κ1) is 17.4. The van der Waals surface area contributed by atoms with E-state index in [9.17, 15) is 19.7 Å². The fourth-order valence-corrected chi connectivity index (χ4v) is 3.30. The number of non-ortho nitro benzene ring substituents is 1. The molecule has 1 heterocycles. The van der Waals surface area contributed by atoms with Crippen LogP contribution in [-0.4, -0.2) is 34.2 Å². The molecule has 2 aliphatic rings. The number of carbonyl (C=O) groups is 2. The highest BCUT2D eigenvalue weighted by Gasteiger charge is 2.34. The van der Waals surface area contributed by atoms with Crippen LogP contribution in [0.3, 0.4) is 0 Å². The smallest absolute Gasteiger partial charge is 0.269 e. The molecule has 1 aliphatic heterocycles. The van der Waals surface area contributed by atoms with Crippen LogP contribution in [0, 0.1) is 16.0 Å². The van der Waals surface area contributed by atoms with Crippen LogP contribution in [0.5, 0.6) is 0 Å². The minimum Gasteiger partial charge on any atom is -0.356 e. The maximum atomic E-state index is 12.8. The number of nitro groups is 1. The standard InChI is InChI=1S/C18H23N3O4/c22-17(11-14-5-1-2-9-19-18(14)23)20(15-7-8-15)12-13-4-3-6-16(10-13)21(24)25/h3-4,6,10,14-15H,1-2,5,7-9,11-12H2,(H,19,23)/t14-/m1/s1. The minimum absolute atomic E-state index is 0.0306. The van der Waals surface area contributed by atoms with Gasteiger partial charge < -0.3 is 10.2 Å². The lowest BCUT2D eigenvalue weighted by atomic mass is 9.98. The Bertz CT molecular complexity index is 672. The summed E-state index contributed by atoms with van der Waals surface area (Å²) in [4.78, 5) is 37.2. The summed E-state index contributed by atoms with van der Waals surface area (Å²) < 4.78 is 0. The third-order valence-corrected chi connectivity index (χ3v) is 4.85. The SMILES string of the molecule is O=C1NCCCC[C@@H]1CC(=O)N(Cc1cccc([N+](=O)[O-])c1)C1CC1. The molecule has 2 amide bonds. The van der Waals surface area contributed by atoms with E-state index >= 15 is 0 Å². The van der Waals surface area contributed by atoms with Gasteiger partial charge in [-0.05, 0) is 31.2 Å². The van der Waals surface area contributed by atoms with E-state index in [1.807, 2.05) is 0 Å². The van der Waals surface area contributed by atoms with Crippen LogP contribution < -0.4 is 5.32 Å². The van der Waals surface area contributed by atoms with Crippen LogP contribution in [-0.2, 0) is 16.1 Å². The van der Waals surface area contributed by atoms with E-state index in [0.29, 0.717) is 13.1 Å². The topological polar surface area (TPSA) is 92.6 Å². The number of nitro benzene ring substituents is 1. The van der Waals surface area contributed by atoms with Crippen LogP contribution in [0.2, 0.25) is 0 Å². The van der Waals surface area contributed by atoms with Crippen LogP contribution in [0.1, 0.15) is 44.1 Å². The van der Waals surface area contributed by atoms with Gasteiger partial charge in [-0.15, -0.1) is 0 Å². The number of nitrogens with zero attached hydrogens (tertiary/aromatic N) is 2. The fraction of sp³-hybridized carbons (Fsp3) is 0.556. The maximum absolute atomic E-state index is 12.8. The van der Waals surface area contributed by atoms with Crippen molar-refractivity contribution in [1.29, 1.82) is 0 Å². The summed E-state index contributed by atoms with van der Waals surface area (Å²) in [6.07, 6.45) is 4.78. The molecule has 25 heavy (non-hydrogen) atoms. The van der Waals surface area contributed by atoms with Crippen LogP contribution in [0.4, 0.5) is 5.69 Å². The van der Waals surface area contributed by atoms with E-state index in [2.05, 4.69) is 5.32 Å². The van der Waals surface area contributed by atoms with Gasteiger partial charge in [-0.1, -0.05) is 18.6 Å². The Morgan fingerprint density at radius 2 is 2.08 bits per heavy atom. The largest absolute Gasteiger partial charge is 0.356 e. The number of nitrogens with one attached hydrogen (secondary N) is 1. The van der Waals surface area contributed by atoms with Gasteiger partial charge in [0.2, 0.25) is 11.8 Å². The van der Waals surface area contributed by atoms with Gasteiger partial charge in [-0.3, -0.25) is 19.7 Å². The second kappa shape index (κ2) is 7.63. The molecule has 3 rings (SSSR count). The molecule has 0 aromatic heterocycles. The highest BCUT2D eigenvalue weighted by molar-refractivity contribution is 5.86. The Hall–Kier alpha value is -2.44. The molecule has 1 saturated heterocycles. The van der Waals surface area contributed by atoms with Crippen molar-refractivity contribution in [2.75, 3.05) is 6.54 Å². The normalized spacial score (nSPS) is 20.5. The monoisotopic (exact) mass is 345 g/mol. The quantitative estimate of drug-likeness (QED) is 0.633. The van der Waals surface area contributed by atoms with Crippen molar-refractivity contribution in [3.63, 3.8) is 0 Å². The average Bonchev–Trinajstić information content (AvgIpc) is 3.43. The summed E-state index contributed by atoms with van der Waals surface area (Å²) in [5.74, 6) is -0.325. The average molecular weight is 345 g/mol. The summed E-state index contributed by atoms with van der Waals surface area (Å²) in [6, 6.07) is 6.60. The van der Waals surface area contributed by atoms with Crippen molar-refractivity contribution in [3.8, 4) is 0 Å². The van der Waals surface area contributed by atoms with Gasteiger partial charge in [0, 0.05) is 43.6 Å². The number of hydrogen-bond donors (Lipinski definition) is 1. The van der Waals surface area contributed by atoms with Crippen LogP contribution in [0.15, 0.2) is 24.3 Å². The summed E-state index contributed by atoms with van der Waals surface area (Å²) in [5, 5.41) is 13.8. The molecule has 7 heteroatoms. The Labute approximate surface area is 146 Å². The summed E-state index contributed by atoms with van der Waals surface area (Å²) >= 11 is 0. The lowest BCUT2D eigenvalue weighted by molar-refractivity contribution is -0.384. The zero-order valence-electron chi connectivity index (χ0n) is 14.1. The van der Waals surface area contributed by atoms with Gasteiger partial charge in [0.05, 0.1) is 4.92 Å². The first-order chi connectivity index (χ1) is 12.0. The third-order valence-electron chi connectivity index (χ3n) is 4.85.